The Bertz CT molecular complexity index is 424. The summed E-state index contributed by atoms with van der Waals surface area (Å²) >= 11 is 0. The molecule has 2 aliphatic rings. The van der Waals surface area contributed by atoms with E-state index in [0.717, 1.165) is 30.8 Å². The standard InChI is InChI=1S/C13H17NO2/c1-9-6-10(8-13(14)2-3-13)12-11(7-9)15-4-5-16-12/h6-7H,2-5,8,14H2,1H3. The molecule has 16 heavy (non-hydrogen) atoms. The Morgan fingerprint density at radius 1 is 1.25 bits per heavy atom. The Labute approximate surface area is 95.5 Å². The van der Waals surface area contributed by atoms with E-state index < -0.39 is 0 Å². The zero-order valence-electron chi connectivity index (χ0n) is 9.58. The van der Waals surface area contributed by atoms with Gasteiger partial charge in [-0.2, -0.15) is 0 Å². The highest BCUT2D eigenvalue weighted by molar-refractivity contribution is 5.51. The van der Waals surface area contributed by atoms with E-state index in [0.29, 0.717) is 13.2 Å². The van der Waals surface area contributed by atoms with Crippen molar-refractivity contribution in [3.63, 3.8) is 0 Å². The summed E-state index contributed by atoms with van der Waals surface area (Å²) in [6.45, 7) is 3.36. The summed E-state index contributed by atoms with van der Waals surface area (Å²) in [5.41, 5.74) is 8.60. The Morgan fingerprint density at radius 3 is 2.75 bits per heavy atom. The lowest BCUT2D eigenvalue weighted by atomic mass is 10.0. The first-order valence-corrected chi connectivity index (χ1v) is 5.84. The minimum Gasteiger partial charge on any atom is -0.486 e. The maximum atomic E-state index is 6.17. The lowest BCUT2D eigenvalue weighted by Gasteiger charge is -2.23. The van der Waals surface area contributed by atoms with Gasteiger partial charge in [-0.3, -0.25) is 0 Å². The fraction of sp³-hybridized carbons (Fsp3) is 0.538. The highest BCUT2D eigenvalue weighted by Crippen LogP contribution is 2.42. The van der Waals surface area contributed by atoms with E-state index in [2.05, 4.69) is 13.0 Å². The quantitative estimate of drug-likeness (QED) is 0.825. The molecule has 0 amide bonds. The van der Waals surface area contributed by atoms with Gasteiger partial charge in [0, 0.05) is 11.1 Å². The van der Waals surface area contributed by atoms with Crippen LogP contribution >= 0.6 is 0 Å². The molecule has 0 radical (unpaired) electrons. The highest BCUT2D eigenvalue weighted by atomic mass is 16.6. The third-order valence-corrected chi connectivity index (χ3v) is 3.30. The summed E-state index contributed by atoms with van der Waals surface area (Å²) in [5.74, 6) is 1.79. The Kier molecular flexibility index (Phi) is 2.11. The topological polar surface area (TPSA) is 44.5 Å². The minimum atomic E-state index is 0.0162. The lowest BCUT2D eigenvalue weighted by Crippen LogP contribution is -2.26. The fourth-order valence-electron chi connectivity index (χ4n) is 2.23. The monoisotopic (exact) mass is 219 g/mol. The maximum Gasteiger partial charge on any atom is 0.164 e. The van der Waals surface area contributed by atoms with E-state index in [1.54, 1.807) is 0 Å². The largest absolute Gasteiger partial charge is 0.486 e. The van der Waals surface area contributed by atoms with Crippen LogP contribution in [0.25, 0.3) is 0 Å². The number of hydrogen-bond acceptors (Lipinski definition) is 3. The predicted molar refractivity (Wildman–Crippen MR) is 62.0 cm³/mol. The second kappa shape index (κ2) is 3.39. The van der Waals surface area contributed by atoms with E-state index in [1.807, 2.05) is 6.07 Å². The maximum absolute atomic E-state index is 6.17. The molecular formula is C13H17NO2. The fourth-order valence-corrected chi connectivity index (χ4v) is 2.23. The van der Waals surface area contributed by atoms with Crippen LogP contribution in [0.4, 0.5) is 0 Å². The van der Waals surface area contributed by atoms with Crippen molar-refractivity contribution in [1.82, 2.24) is 0 Å². The SMILES string of the molecule is Cc1cc(CC2(N)CC2)c2c(c1)OCCO2. The van der Waals surface area contributed by atoms with Crippen molar-refractivity contribution in [2.75, 3.05) is 13.2 Å². The van der Waals surface area contributed by atoms with Gasteiger partial charge in [0.05, 0.1) is 0 Å². The van der Waals surface area contributed by atoms with Gasteiger partial charge in [0.25, 0.3) is 0 Å². The van der Waals surface area contributed by atoms with Crippen LogP contribution in [-0.2, 0) is 6.42 Å². The number of ether oxygens (including phenoxy) is 2. The van der Waals surface area contributed by atoms with E-state index in [-0.39, 0.29) is 5.54 Å². The average Bonchev–Trinajstić information content (AvgIpc) is 2.96. The molecule has 0 atom stereocenters. The third-order valence-electron chi connectivity index (χ3n) is 3.30. The molecule has 1 aromatic carbocycles. The van der Waals surface area contributed by atoms with Crippen molar-refractivity contribution in [1.29, 1.82) is 0 Å². The number of aryl methyl sites for hydroxylation is 1. The summed E-state index contributed by atoms with van der Waals surface area (Å²) in [7, 11) is 0. The van der Waals surface area contributed by atoms with Crippen molar-refractivity contribution in [3.8, 4) is 11.5 Å². The lowest BCUT2D eigenvalue weighted by molar-refractivity contribution is 0.169. The number of fused-ring (bicyclic) bond motifs is 1. The molecule has 0 bridgehead atoms. The molecular weight excluding hydrogens is 202 g/mol. The summed E-state index contributed by atoms with van der Waals surface area (Å²) < 4.78 is 11.3. The molecule has 0 saturated heterocycles. The Balaban J connectivity index is 1.98. The first kappa shape index (κ1) is 9.97. The zero-order valence-corrected chi connectivity index (χ0v) is 9.58. The molecule has 1 saturated carbocycles. The molecule has 3 nitrogen and oxygen atoms in total. The van der Waals surface area contributed by atoms with E-state index in [1.165, 1.54) is 11.1 Å². The second-order valence-corrected chi connectivity index (χ2v) is 4.99. The van der Waals surface area contributed by atoms with Crippen molar-refractivity contribution in [3.05, 3.63) is 23.3 Å². The second-order valence-electron chi connectivity index (χ2n) is 4.99. The average molecular weight is 219 g/mol. The van der Waals surface area contributed by atoms with Crippen LogP contribution in [0, 0.1) is 6.92 Å². The molecule has 0 aromatic heterocycles. The third kappa shape index (κ3) is 1.76. The molecule has 86 valence electrons. The molecule has 1 fully saturated rings. The summed E-state index contributed by atoms with van der Waals surface area (Å²) in [5, 5.41) is 0. The molecule has 3 heteroatoms. The predicted octanol–water partition coefficient (Wildman–Crippen LogP) is 1.80. The molecule has 1 aromatic rings. The Morgan fingerprint density at radius 2 is 2.00 bits per heavy atom. The molecule has 1 heterocycles. The van der Waals surface area contributed by atoms with Crippen LogP contribution in [0.2, 0.25) is 0 Å². The molecule has 3 rings (SSSR count). The smallest absolute Gasteiger partial charge is 0.164 e. The summed E-state index contributed by atoms with van der Waals surface area (Å²) in [6.07, 6.45) is 3.15. The van der Waals surface area contributed by atoms with Gasteiger partial charge in [-0.15, -0.1) is 0 Å². The first-order chi connectivity index (χ1) is 7.66. The van der Waals surface area contributed by atoms with E-state index in [4.69, 9.17) is 15.2 Å². The van der Waals surface area contributed by atoms with Gasteiger partial charge in [-0.25, -0.2) is 0 Å². The molecule has 0 unspecified atom stereocenters. The van der Waals surface area contributed by atoms with Gasteiger partial charge in [0.2, 0.25) is 0 Å². The Hall–Kier alpha value is -1.22. The van der Waals surface area contributed by atoms with Crippen LogP contribution in [0.1, 0.15) is 24.0 Å². The normalized spacial score (nSPS) is 20.6. The number of rotatable bonds is 2. The van der Waals surface area contributed by atoms with Crippen molar-refractivity contribution < 1.29 is 9.47 Å². The summed E-state index contributed by atoms with van der Waals surface area (Å²) in [6, 6.07) is 4.20. The molecule has 0 spiro atoms. The van der Waals surface area contributed by atoms with E-state index in [9.17, 15) is 0 Å². The van der Waals surface area contributed by atoms with Gasteiger partial charge in [0.1, 0.15) is 13.2 Å². The zero-order chi connectivity index (χ0) is 11.2. The molecule has 1 aliphatic carbocycles. The van der Waals surface area contributed by atoms with Crippen LogP contribution < -0.4 is 15.2 Å². The van der Waals surface area contributed by atoms with Crippen molar-refractivity contribution in [2.24, 2.45) is 5.73 Å². The summed E-state index contributed by atoms with van der Waals surface area (Å²) in [4.78, 5) is 0. The highest BCUT2D eigenvalue weighted by Gasteiger charge is 2.39. The van der Waals surface area contributed by atoms with Gasteiger partial charge < -0.3 is 15.2 Å². The minimum absolute atomic E-state index is 0.0162. The van der Waals surface area contributed by atoms with Gasteiger partial charge >= 0.3 is 0 Å². The van der Waals surface area contributed by atoms with Crippen molar-refractivity contribution in [2.45, 2.75) is 31.7 Å². The van der Waals surface area contributed by atoms with Gasteiger partial charge in [-0.05, 0) is 37.8 Å². The molecule has 2 N–H and O–H groups in total. The number of benzene rings is 1. The number of hydrogen-bond donors (Lipinski definition) is 1. The number of nitrogens with two attached hydrogens (primary N) is 1. The molecule has 1 aliphatic heterocycles. The van der Waals surface area contributed by atoms with E-state index >= 15 is 0 Å². The van der Waals surface area contributed by atoms with Crippen LogP contribution in [0.15, 0.2) is 12.1 Å². The van der Waals surface area contributed by atoms with Crippen LogP contribution in [-0.4, -0.2) is 18.8 Å². The van der Waals surface area contributed by atoms with Gasteiger partial charge in [-0.1, -0.05) is 6.07 Å². The van der Waals surface area contributed by atoms with Crippen molar-refractivity contribution >= 4 is 0 Å². The van der Waals surface area contributed by atoms with Crippen LogP contribution in [0.3, 0.4) is 0 Å². The van der Waals surface area contributed by atoms with Crippen LogP contribution in [0.5, 0.6) is 11.5 Å². The first-order valence-electron chi connectivity index (χ1n) is 5.84. The van der Waals surface area contributed by atoms with Gasteiger partial charge in [0.15, 0.2) is 11.5 Å².